The van der Waals surface area contributed by atoms with Gasteiger partial charge in [-0.3, -0.25) is 0 Å². The highest BCUT2D eigenvalue weighted by molar-refractivity contribution is 5.97. The molecule has 0 radical (unpaired) electrons. The van der Waals surface area contributed by atoms with Gasteiger partial charge in [0.2, 0.25) is 5.76 Å². The lowest BCUT2D eigenvalue weighted by atomic mass is 9.97. The van der Waals surface area contributed by atoms with Crippen LogP contribution < -0.4 is 0 Å². The Balaban J connectivity index is 2.45. The Hall–Kier alpha value is -1.26. The highest BCUT2D eigenvalue weighted by atomic mass is 19.4. The molecule has 2 rings (SSSR count). The molecule has 1 aliphatic carbocycles. The Morgan fingerprint density at radius 1 is 1.29 bits per heavy atom. The molecule has 0 bridgehead atoms. The second-order valence-corrected chi connectivity index (χ2v) is 3.29. The number of rotatable bonds is 0. The van der Waals surface area contributed by atoms with Gasteiger partial charge in [-0.05, 0) is 25.3 Å². The number of hydrogen-bond acceptors (Lipinski definition) is 2. The fourth-order valence-electron chi connectivity index (χ4n) is 1.58. The van der Waals surface area contributed by atoms with Crippen LogP contribution in [0.3, 0.4) is 0 Å². The Morgan fingerprint density at radius 3 is 2.57 bits per heavy atom. The van der Waals surface area contributed by atoms with E-state index in [1.54, 1.807) is 0 Å². The lowest BCUT2D eigenvalue weighted by molar-refractivity contribution is -0.153. The maximum atomic E-state index is 12.2. The Morgan fingerprint density at radius 2 is 2.00 bits per heavy atom. The van der Waals surface area contributed by atoms with Crippen LogP contribution in [0.4, 0.5) is 13.2 Å². The third-order valence-corrected chi connectivity index (χ3v) is 2.24. The molecule has 0 saturated carbocycles. The summed E-state index contributed by atoms with van der Waals surface area (Å²) in [7, 11) is 0. The third-order valence-electron chi connectivity index (χ3n) is 2.24. The minimum absolute atomic E-state index is 0.114. The molecule has 5 heteroatoms. The van der Waals surface area contributed by atoms with Crippen molar-refractivity contribution in [3.8, 4) is 0 Å². The zero-order chi connectivity index (χ0) is 10.3. The summed E-state index contributed by atoms with van der Waals surface area (Å²) in [5.41, 5.74) is 0.676. The van der Waals surface area contributed by atoms with Gasteiger partial charge in [0.05, 0.1) is 5.71 Å². The fraction of sp³-hybridized carbons (Fsp3) is 0.444. The predicted octanol–water partition coefficient (Wildman–Crippen LogP) is 3.00. The van der Waals surface area contributed by atoms with Crippen LogP contribution in [-0.2, 0) is 12.6 Å². The smallest absolute Gasteiger partial charge is 0.449 e. The number of hydrogen-bond donors (Lipinski definition) is 1. The molecule has 1 aliphatic rings. The summed E-state index contributed by atoms with van der Waals surface area (Å²) in [5, 5.41) is 7.43. The van der Waals surface area contributed by atoms with Crippen molar-refractivity contribution in [2.24, 2.45) is 0 Å². The van der Waals surface area contributed by atoms with Crippen molar-refractivity contribution in [3.05, 3.63) is 23.2 Å². The average molecular weight is 203 g/mol. The summed E-state index contributed by atoms with van der Waals surface area (Å²) in [6.07, 6.45) is -2.66. The number of furan rings is 1. The number of aryl methyl sites for hydroxylation is 1. The normalized spacial score (nSPS) is 16.9. The van der Waals surface area contributed by atoms with E-state index in [2.05, 4.69) is 4.42 Å². The highest BCUT2D eigenvalue weighted by Crippen LogP contribution is 2.34. The zero-order valence-corrected chi connectivity index (χ0v) is 7.24. The van der Waals surface area contributed by atoms with Crippen LogP contribution in [0.25, 0.3) is 0 Å². The summed E-state index contributed by atoms with van der Waals surface area (Å²) < 4.78 is 41.3. The topological polar surface area (TPSA) is 37.0 Å². The first-order valence-electron chi connectivity index (χ1n) is 4.26. The number of fused-ring (bicyclic) bond motifs is 1. The number of alkyl halides is 3. The first kappa shape index (κ1) is 9.30. The van der Waals surface area contributed by atoms with Crippen molar-refractivity contribution in [1.82, 2.24) is 0 Å². The van der Waals surface area contributed by atoms with E-state index in [-0.39, 0.29) is 11.5 Å². The van der Waals surface area contributed by atoms with Crippen LogP contribution in [0.5, 0.6) is 0 Å². The molecule has 14 heavy (non-hydrogen) atoms. The van der Waals surface area contributed by atoms with Gasteiger partial charge in [-0.2, -0.15) is 13.2 Å². The summed E-state index contributed by atoms with van der Waals surface area (Å²) in [4.78, 5) is 0. The maximum Gasteiger partial charge on any atom is 0.449 e. The van der Waals surface area contributed by atoms with Crippen LogP contribution >= 0.6 is 0 Å². The Bertz CT molecular complexity index is 378. The monoisotopic (exact) mass is 203 g/mol. The van der Waals surface area contributed by atoms with Crippen LogP contribution in [0.15, 0.2) is 10.5 Å². The van der Waals surface area contributed by atoms with Gasteiger partial charge in [0.15, 0.2) is 5.76 Å². The van der Waals surface area contributed by atoms with Crippen LogP contribution in [-0.4, -0.2) is 5.71 Å². The Labute approximate surface area is 78.2 Å². The van der Waals surface area contributed by atoms with Crippen molar-refractivity contribution in [1.29, 1.82) is 5.41 Å². The van der Waals surface area contributed by atoms with E-state index in [4.69, 9.17) is 5.41 Å². The molecule has 76 valence electrons. The molecule has 1 N–H and O–H groups in total. The van der Waals surface area contributed by atoms with Crippen molar-refractivity contribution < 1.29 is 17.6 Å². The third kappa shape index (κ3) is 1.42. The van der Waals surface area contributed by atoms with E-state index in [1.807, 2.05) is 0 Å². The zero-order valence-electron chi connectivity index (χ0n) is 7.24. The standard InChI is InChI=1S/C9H8F3NO/c10-9(11,12)7-4-5-2-1-3-6(13)8(5)14-7/h4,13H,1-3H2. The molecule has 1 aromatic heterocycles. The van der Waals surface area contributed by atoms with Crippen molar-refractivity contribution in [3.63, 3.8) is 0 Å². The molecule has 0 aliphatic heterocycles. The average Bonchev–Trinajstić information content (AvgIpc) is 2.48. The number of nitrogens with one attached hydrogen (secondary N) is 1. The van der Waals surface area contributed by atoms with Crippen molar-refractivity contribution in [2.75, 3.05) is 0 Å². The van der Waals surface area contributed by atoms with E-state index in [1.165, 1.54) is 0 Å². The van der Waals surface area contributed by atoms with Gasteiger partial charge in [-0.25, -0.2) is 0 Å². The first-order chi connectivity index (χ1) is 6.48. The molecule has 1 aromatic rings. The largest absolute Gasteiger partial charge is 0.450 e. The Kier molecular flexibility index (Phi) is 1.90. The van der Waals surface area contributed by atoms with Gasteiger partial charge < -0.3 is 9.83 Å². The van der Waals surface area contributed by atoms with Crippen LogP contribution in [0, 0.1) is 5.41 Å². The molecule has 0 saturated heterocycles. The van der Waals surface area contributed by atoms with Crippen molar-refractivity contribution in [2.45, 2.75) is 25.4 Å². The lowest BCUT2D eigenvalue weighted by Gasteiger charge is -2.09. The van der Waals surface area contributed by atoms with Gasteiger partial charge in [0, 0.05) is 5.56 Å². The summed E-state index contributed by atoms with van der Waals surface area (Å²) in [5.74, 6) is -0.877. The molecular weight excluding hydrogens is 195 g/mol. The molecule has 0 fully saturated rings. The second kappa shape index (κ2) is 2.87. The summed E-state index contributed by atoms with van der Waals surface area (Å²) >= 11 is 0. The lowest BCUT2D eigenvalue weighted by Crippen LogP contribution is -2.07. The molecule has 2 nitrogen and oxygen atoms in total. The van der Waals surface area contributed by atoms with Crippen molar-refractivity contribution >= 4 is 5.71 Å². The molecule has 0 spiro atoms. The first-order valence-corrected chi connectivity index (χ1v) is 4.26. The van der Waals surface area contributed by atoms with Gasteiger partial charge in [0.25, 0.3) is 0 Å². The van der Waals surface area contributed by atoms with Crippen LogP contribution in [0.1, 0.15) is 29.9 Å². The molecule has 0 aromatic carbocycles. The van der Waals surface area contributed by atoms with Gasteiger partial charge in [-0.15, -0.1) is 0 Å². The second-order valence-electron chi connectivity index (χ2n) is 3.29. The molecule has 0 unspecified atom stereocenters. The van der Waals surface area contributed by atoms with E-state index >= 15 is 0 Å². The minimum Gasteiger partial charge on any atom is -0.450 e. The highest BCUT2D eigenvalue weighted by Gasteiger charge is 2.37. The minimum atomic E-state index is -4.45. The molecular formula is C9H8F3NO. The molecule has 0 atom stereocenters. The van der Waals surface area contributed by atoms with Gasteiger partial charge >= 0.3 is 6.18 Å². The summed E-state index contributed by atoms with van der Waals surface area (Å²) in [6, 6.07) is 1.00. The van der Waals surface area contributed by atoms with Crippen LogP contribution in [0.2, 0.25) is 0 Å². The molecule has 0 amide bonds. The van der Waals surface area contributed by atoms with Gasteiger partial charge in [0.1, 0.15) is 0 Å². The van der Waals surface area contributed by atoms with E-state index in [0.717, 1.165) is 12.5 Å². The number of halogens is 3. The maximum absolute atomic E-state index is 12.2. The van der Waals surface area contributed by atoms with Gasteiger partial charge in [-0.1, -0.05) is 0 Å². The summed E-state index contributed by atoms with van der Waals surface area (Å²) in [6.45, 7) is 0. The van der Waals surface area contributed by atoms with E-state index < -0.39 is 11.9 Å². The molecule has 1 heterocycles. The quantitative estimate of drug-likeness (QED) is 0.691. The fourth-order valence-corrected chi connectivity index (χ4v) is 1.58. The van der Waals surface area contributed by atoms with E-state index in [9.17, 15) is 13.2 Å². The SMILES string of the molecule is N=C1CCCc2cc(C(F)(F)F)oc21. The predicted molar refractivity (Wildman–Crippen MR) is 43.5 cm³/mol. The van der Waals surface area contributed by atoms with E-state index in [0.29, 0.717) is 18.4 Å².